The molecule has 94 valence electrons. The Morgan fingerprint density at radius 2 is 2.29 bits per heavy atom. The molecule has 0 atom stereocenters. The van der Waals surface area contributed by atoms with Crippen molar-refractivity contribution in [1.29, 1.82) is 0 Å². The average Bonchev–Trinajstić information content (AvgIpc) is 2.62. The highest BCUT2D eigenvalue weighted by atomic mass is 32.1. The molecule has 0 aliphatic carbocycles. The predicted octanol–water partition coefficient (Wildman–Crippen LogP) is 1.39. The second-order valence-corrected chi connectivity index (χ2v) is 6.37. The summed E-state index contributed by atoms with van der Waals surface area (Å²) in [6.07, 6.45) is 0. The van der Waals surface area contributed by atoms with Gasteiger partial charge in [0.2, 0.25) is 0 Å². The summed E-state index contributed by atoms with van der Waals surface area (Å²) in [5.41, 5.74) is 2.57. The van der Waals surface area contributed by atoms with Gasteiger partial charge in [-0.2, -0.15) is 0 Å². The van der Waals surface area contributed by atoms with Crippen LogP contribution in [0, 0.1) is 5.92 Å². The number of nitrogens with one attached hydrogen (secondary N) is 2. The maximum atomic E-state index is 12.1. The van der Waals surface area contributed by atoms with E-state index in [1.807, 2.05) is 0 Å². The summed E-state index contributed by atoms with van der Waals surface area (Å²) < 4.78 is 0. The van der Waals surface area contributed by atoms with Gasteiger partial charge in [0.05, 0.1) is 11.2 Å². The van der Waals surface area contributed by atoms with E-state index in [1.165, 1.54) is 11.3 Å². The van der Waals surface area contributed by atoms with Crippen molar-refractivity contribution in [3.05, 3.63) is 16.1 Å². The fourth-order valence-corrected chi connectivity index (χ4v) is 2.66. The molecule has 2 rings (SSSR count). The van der Waals surface area contributed by atoms with Gasteiger partial charge >= 0.3 is 0 Å². The van der Waals surface area contributed by atoms with Gasteiger partial charge in [-0.25, -0.2) is 4.98 Å². The summed E-state index contributed by atoms with van der Waals surface area (Å²) in [5.74, 6) is 0.606. The van der Waals surface area contributed by atoms with Crippen molar-refractivity contribution in [2.24, 2.45) is 5.92 Å². The molecule has 0 bridgehead atoms. The van der Waals surface area contributed by atoms with Crippen LogP contribution in [-0.4, -0.2) is 30.5 Å². The Balaban J connectivity index is 2.00. The zero-order valence-electron chi connectivity index (χ0n) is 10.5. The molecule has 0 unspecified atom stereocenters. The molecule has 1 aromatic heterocycles. The van der Waals surface area contributed by atoms with E-state index in [4.69, 9.17) is 0 Å². The molecule has 1 saturated heterocycles. The fraction of sp³-hybridized carbons (Fsp3) is 0.667. The van der Waals surface area contributed by atoms with E-state index in [2.05, 4.69) is 36.4 Å². The summed E-state index contributed by atoms with van der Waals surface area (Å²) in [6.45, 7) is 9.01. The summed E-state index contributed by atoms with van der Waals surface area (Å²) in [4.78, 5) is 17.1. The molecule has 1 aromatic rings. The zero-order chi connectivity index (χ0) is 12.5. The molecule has 1 aliphatic rings. The molecule has 0 aromatic carbocycles. The van der Waals surface area contributed by atoms with Crippen LogP contribution < -0.4 is 10.6 Å². The zero-order valence-corrected chi connectivity index (χ0v) is 11.4. The lowest BCUT2D eigenvalue weighted by Gasteiger charge is -2.27. The molecule has 1 amide bonds. The SMILES string of the molecule is CC(C)(C)c1ncsc1C(=O)NCC1CNC1. The molecule has 0 spiro atoms. The van der Waals surface area contributed by atoms with Crippen molar-refractivity contribution in [2.75, 3.05) is 19.6 Å². The van der Waals surface area contributed by atoms with Crippen molar-refractivity contribution in [3.63, 3.8) is 0 Å². The third-order valence-electron chi connectivity index (χ3n) is 2.90. The Hall–Kier alpha value is -0.940. The van der Waals surface area contributed by atoms with E-state index < -0.39 is 0 Å². The van der Waals surface area contributed by atoms with Gasteiger partial charge < -0.3 is 10.6 Å². The Labute approximate surface area is 106 Å². The fourth-order valence-electron chi connectivity index (χ4n) is 1.75. The first-order chi connectivity index (χ1) is 7.98. The first-order valence-electron chi connectivity index (χ1n) is 5.91. The predicted molar refractivity (Wildman–Crippen MR) is 69.5 cm³/mol. The van der Waals surface area contributed by atoms with Gasteiger partial charge in [0, 0.05) is 31.0 Å². The first kappa shape index (κ1) is 12.5. The molecule has 17 heavy (non-hydrogen) atoms. The molecule has 5 heteroatoms. The van der Waals surface area contributed by atoms with E-state index in [0.717, 1.165) is 30.2 Å². The van der Waals surface area contributed by atoms with Crippen LogP contribution in [0.25, 0.3) is 0 Å². The summed E-state index contributed by atoms with van der Waals surface area (Å²) in [7, 11) is 0. The van der Waals surface area contributed by atoms with Gasteiger partial charge in [0.1, 0.15) is 4.88 Å². The second kappa shape index (κ2) is 4.74. The van der Waals surface area contributed by atoms with Gasteiger partial charge in [-0.05, 0) is 0 Å². The van der Waals surface area contributed by atoms with Gasteiger partial charge in [-0.15, -0.1) is 11.3 Å². The standard InChI is InChI=1S/C12H19N3OS/c1-12(2,3)10-9(17-7-15-10)11(16)14-6-8-4-13-5-8/h7-8,13H,4-6H2,1-3H3,(H,14,16). The van der Waals surface area contributed by atoms with Crippen LogP contribution in [0.5, 0.6) is 0 Å². The van der Waals surface area contributed by atoms with Gasteiger partial charge in [-0.3, -0.25) is 4.79 Å². The summed E-state index contributed by atoms with van der Waals surface area (Å²) in [6, 6.07) is 0. The number of hydrogen-bond donors (Lipinski definition) is 2. The van der Waals surface area contributed by atoms with Crippen molar-refractivity contribution < 1.29 is 4.79 Å². The highest BCUT2D eigenvalue weighted by molar-refractivity contribution is 7.11. The van der Waals surface area contributed by atoms with Gasteiger partial charge in [0.25, 0.3) is 5.91 Å². The smallest absolute Gasteiger partial charge is 0.263 e. The third kappa shape index (κ3) is 2.84. The van der Waals surface area contributed by atoms with Crippen molar-refractivity contribution in [1.82, 2.24) is 15.6 Å². The van der Waals surface area contributed by atoms with Crippen LogP contribution in [0.1, 0.15) is 36.1 Å². The van der Waals surface area contributed by atoms with Gasteiger partial charge in [-0.1, -0.05) is 20.8 Å². The monoisotopic (exact) mass is 253 g/mol. The van der Waals surface area contributed by atoms with E-state index in [-0.39, 0.29) is 11.3 Å². The maximum Gasteiger partial charge on any atom is 0.263 e. The second-order valence-electron chi connectivity index (χ2n) is 5.51. The molecular weight excluding hydrogens is 234 g/mol. The lowest BCUT2D eigenvalue weighted by atomic mass is 9.91. The number of amides is 1. The molecule has 1 aliphatic heterocycles. The summed E-state index contributed by atoms with van der Waals surface area (Å²) in [5, 5.41) is 6.19. The lowest BCUT2D eigenvalue weighted by Crippen LogP contribution is -2.48. The van der Waals surface area contributed by atoms with Crippen LogP contribution >= 0.6 is 11.3 Å². The Kier molecular flexibility index (Phi) is 3.49. The molecule has 4 nitrogen and oxygen atoms in total. The molecular formula is C12H19N3OS. The van der Waals surface area contributed by atoms with Crippen molar-refractivity contribution in [2.45, 2.75) is 26.2 Å². The Bertz CT molecular complexity index is 404. The topological polar surface area (TPSA) is 54.0 Å². The molecule has 1 fully saturated rings. The van der Waals surface area contributed by atoms with Crippen molar-refractivity contribution in [3.8, 4) is 0 Å². The highest BCUT2D eigenvalue weighted by Gasteiger charge is 2.25. The van der Waals surface area contributed by atoms with E-state index >= 15 is 0 Å². The van der Waals surface area contributed by atoms with Gasteiger partial charge in [0.15, 0.2) is 0 Å². The normalized spacial score (nSPS) is 16.6. The quantitative estimate of drug-likeness (QED) is 0.856. The third-order valence-corrected chi connectivity index (χ3v) is 3.73. The van der Waals surface area contributed by atoms with E-state index in [0.29, 0.717) is 5.92 Å². The van der Waals surface area contributed by atoms with Crippen LogP contribution in [0.4, 0.5) is 0 Å². The van der Waals surface area contributed by atoms with Crippen LogP contribution in [0.3, 0.4) is 0 Å². The number of aromatic nitrogens is 1. The number of hydrogen-bond acceptors (Lipinski definition) is 4. The number of carbonyl (C=O) groups excluding carboxylic acids is 1. The molecule has 0 radical (unpaired) electrons. The maximum absolute atomic E-state index is 12.1. The summed E-state index contributed by atoms with van der Waals surface area (Å²) >= 11 is 1.42. The minimum Gasteiger partial charge on any atom is -0.351 e. The van der Waals surface area contributed by atoms with E-state index in [9.17, 15) is 4.79 Å². The lowest BCUT2D eigenvalue weighted by molar-refractivity contribution is 0.0944. The number of thiazole rings is 1. The highest BCUT2D eigenvalue weighted by Crippen LogP contribution is 2.26. The number of rotatable bonds is 3. The number of carbonyl (C=O) groups is 1. The van der Waals surface area contributed by atoms with Crippen LogP contribution in [0.2, 0.25) is 0 Å². The van der Waals surface area contributed by atoms with Crippen LogP contribution in [0.15, 0.2) is 5.51 Å². The van der Waals surface area contributed by atoms with Crippen LogP contribution in [-0.2, 0) is 5.41 Å². The molecule has 2 N–H and O–H groups in total. The average molecular weight is 253 g/mol. The minimum absolute atomic E-state index is 0.0179. The Morgan fingerprint density at radius 3 is 2.82 bits per heavy atom. The molecule has 0 saturated carbocycles. The first-order valence-corrected chi connectivity index (χ1v) is 6.79. The largest absolute Gasteiger partial charge is 0.351 e. The van der Waals surface area contributed by atoms with E-state index in [1.54, 1.807) is 5.51 Å². The number of nitrogens with zero attached hydrogens (tertiary/aromatic N) is 1. The Morgan fingerprint density at radius 1 is 1.59 bits per heavy atom. The van der Waals surface area contributed by atoms with Crippen molar-refractivity contribution >= 4 is 17.2 Å². The minimum atomic E-state index is -0.0787. The molecule has 2 heterocycles.